The normalized spacial score (nSPS) is 13.4. The monoisotopic (exact) mass is 378 g/mol. The molecule has 1 aromatic heterocycles. The number of benzene rings is 1. The zero-order valence-electron chi connectivity index (χ0n) is 14.6. The fourth-order valence-electron chi connectivity index (χ4n) is 2.99. The number of halogens is 2. The van der Waals surface area contributed by atoms with Gasteiger partial charge in [0.25, 0.3) is 11.8 Å². The molecule has 3 rings (SSSR count). The Hall–Kier alpha value is -2.41. The van der Waals surface area contributed by atoms with Crippen molar-refractivity contribution in [2.45, 2.75) is 45.7 Å². The largest absolute Gasteiger partial charge is 0.348 e. The van der Waals surface area contributed by atoms with Crippen LogP contribution in [0.5, 0.6) is 0 Å². The Labute approximate surface area is 155 Å². The van der Waals surface area contributed by atoms with Crippen molar-refractivity contribution in [3.05, 3.63) is 46.3 Å². The van der Waals surface area contributed by atoms with Gasteiger partial charge < -0.3 is 15.2 Å². The Balaban J connectivity index is 1.91. The number of nitrogens with zero attached hydrogens (tertiary/aromatic N) is 2. The number of rotatable bonds is 4. The third kappa shape index (κ3) is 3.72. The van der Waals surface area contributed by atoms with E-state index in [0.717, 1.165) is 18.5 Å². The molecule has 0 aliphatic carbocycles. The number of imidazole rings is 1. The molecule has 0 spiro atoms. The molecule has 0 saturated heterocycles. The van der Waals surface area contributed by atoms with Gasteiger partial charge in [0.15, 0.2) is 5.82 Å². The fourth-order valence-corrected chi connectivity index (χ4v) is 3.17. The van der Waals surface area contributed by atoms with Gasteiger partial charge in [-0.3, -0.25) is 9.59 Å². The zero-order chi connectivity index (χ0) is 18.8. The number of aromatic nitrogens is 2. The van der Waals surface area contributed by atoms with E-state index in [2.05, 4.69) is 15.6 Å². The molecule has 2 N–H and O–H groups in total. The van der Waals surface area contributed by atoms with Gasteiger partial charge in [0.05, 0.1) is 10.7 Å². The van der Waals surface area contributed by atoms with E-state index in [4.69, 9.17) is 11.6 Å². The minimum absolute atomic E-state index is 0.0259. The third-order valence-corrected chi connectivity index (χ3v) is 4.42. The lowest BCUT2D eigenvalue weighted by molar-refractivity contribution is 0.0937. The molecule has 1 aliphatic heterocycles. The first-order chi connectivity index (χ1) is 12.4. The number of carbonyl (C=O) groups is 2. The summed E-state index contributed by atoms with van der Waals surface area (Å²) in [5, 5.41) is 5.40. The Kier molecular flexibility index (Phi) is 5.27. The third-order valence-electron chi connectivity index (χ3n) is 4.13. The standard InChI is InChI=1S/C18H20ClFN4O2/c1-10(2)21-17(25)15-14-5-3-4-8-24(14)16(23-15)18(26)22-11-6-7-13(20)12(19)9-11/h6-7,9-10H,3-5,8H2,1-2H3,(H,21,25)(H,22,26). The minimum Gasteiger partial charge on any atom is -0.348 e. The first-order valence-electron chi connectivity index (χ1n) is 8.53. The predicted octanol–water partition coefficient (Wildman–Crippen LogP) is 3.40. The number of hydrogen-bond acceptors (Lipinski definition) is 3. The number of anilines is 1. The molecule has 138 valence electrons. The van der Waals surface area contributed by atoms with E-state index in [0.29, 0.717) is 24.3 Å². The van der Waals surface area contributed by atoms with Crippen molar-refractivity contribution in [2.24, 2.45) is 0 Å². The van der Waals surface area contributed by atoms with E-state index < -0.39 is 11.7 Å². The maximum Gasteiger partial charge on any atom is 0.291 e. The first kappa shape index (κ1) is 18.4. The Morgan fingerprint density at radius 1 is 1.27 bits per heavy atom. The van der Waals surface area contributed by atoms with Crippen LogP contribution in [0.1, 0.15) is 53.5 Å². The van der Waals surface area contributed by atoms with Crippen LogP contribution in [0.3, 0.4) is 0 Å². The van der Waals surface area contributed by atoms with Gasteiger partial charge in [-0.15, -0.1) is 0 Å². The number of fused-ring (bicyclic) bond motifs is 1. The molecule has 2 aromatic rings. The van der Waals surface area contributed by atoms with Crippen LogP contribution in [0.15, 0.2) is 18.2 Å². The van der Waals surface area contributed by atoms with Crippen LogP contribution >= 0.6 is 11.6 Å². The van der Waals surface area contributed by atoms with Crippen LogP contribution in [-0.2, 0) is 13.0 Å². The number of amides is 2. The molecular weight excluding hydrogens is 359 g/mol. The van der Waals surface area contributed by atoms with E-state index in [-0.39, 0.29) is 22.8 Å². The maximum atomic E-state index is 13.3. The van der Waals surface area contributed by atoms with Crippen LogP contribution in [0, 0.1) is 5.82 Å². The SMILES string of the molecule is CC(C)NC(=O)c1nc(C(=O)Nc2ccc(F)c(Cl)c2)n2c1CCCC2. The second kappa shape index (κ2) is 7.45. The predicted molar refractivity (Wildman–Crippen MR) is 97.1 cm³/mol. The van der Waals surface area contributed by atoms with Crippen LogP contribution in [0.2, 0.25) is 5.02 Å². The van der Waals surface area contributed by atoms with Gasteiger partial charge in [-0.25, -0.2) is 9.37 Å². The maximum absolute atomic E-state index is 13.3. The van der Waals surface area contributed by atoms with Gasteiger partial charge in [-0.2, -0.15) is 0 Å². The summed E-state index contributed by atoms with van der Waals surface area (Å²) in [7, 11) is 0. The molecule has 1 aromatic carbocycles. The minimum atomic E-state index is -0.560. The van der Waals surface area contributed by atoms with Crippen molar-refractivity contribution in [1.82, 2.24) is 14.9 Å². The molecule has 0 saturated carbocycles. The second-order valence-electron chi connectivity index (χ2n) is 6.55. The molecule has 0 fully saturated rings. The summed E-state index contributed by atoms with van der Waals surface area (Å²) in [5.74, 6) is -1.13. The lowest BCUT2D eigenvalue weighted by Crippen LogP contribution is -2.31. The van der Waals surface area contributed by atoms with E-state index in [1.54, 1.807) is 4.57 Å². The van der Waals surface area contributed by atoms with Crippen molar-refractivity contribution in [3.8, 4) is 0 Å². The first-order valence-corrected chi connectivity index (χ1v) is 8.91. The molecule has 0 atom stereocenters. The van der Waals surface area contributed by atoms with Gasteiger partial charge >= 0.3 is 0 Å². The summed E-state index contributed by atoms with van der Waals surface area (Å²) in [6, 6.07) is 3.91. The average molecular weight is 379 g/mol. The van der Waals surface area contributed by atoms with Crippen molar-refractivity contribution in [2.75, 3.05) is 5.32 Å². The van der Waals surface area contributed by atoms with E-state index in [1.807, 2.05) is 13.8 Å². The highest BCUT2D eigenvalue weighted by atomic mass is 35.5. The van der Waals surface area contributed by atoms with Crippen LogP contribution < -0.4 is 10.6 Å². The molecular formula is C18H20ClFN4O2. The Bertz CT molecular complexity index is 863. The average Bonchev–Trinajstić information content (AvgIpc) is 2.97. The highest BCUT2D eigenvalue weighted by molar-refractivity contribution is 6.31. The highest BCUT2D eigenvalue weighted by Gasteiger charge is 2.27. The summed E-state index contributed by atoms with van der Waals surface area (Å²) in [6.45, 7) is 4.36. The molecule has 0 unspecified atom stereocenters. The second-order valence-corrected chi connectivity index (χ2v) is 6.96. The molecule has 1 aliphatic rings. The van der Waals surface area contributed by atoms with Crippen molar-refractivity contribution in [3.63, 3.8) is 0 Å². The van der Waals surface area contributed by atoms with Gasteiger partial charge in [0.1, 0.15) is 11.5 Å². The van der Waals surface area contributed by atoms with Crippen LogP contribution in [0.4, 0.5) is 10.1 Å². The van der Waals surface area contributed by atoms with Crippen molar-refractivity contribution >= 4 is 29.1 Å². The Morgan fingerprint density at radius 3 is 2.73 bits per heavy atom. The summed E-state index contributed by atoms with van der Waals surface area (Å²) >= 11 is 5.75. The van der Waals surface area contributed by atoms with Crippen LogP contribution in [-0.4, -0.2) is 27.4 Å². The van der Waals surface area contributed by atoms with Gasteiger partial charge in [0.2, 0.25) is 0 Å². The molecule has 0 bridgehead atoms. The topological polar surface area (TPSA) is 76.0 Å². The molecule has 26 heavy (non-hydrogen) atoms. The summed E-state index contributed by atoms with van der Waals surface area (Å²) in [4.78, 5) is 29.4. The lowest BCUT2D eigenvalue weighted by atomic mass is 10.1. The zero-order valence-corrected chi connectivity index (χ0v) is 15.4. The molecule has 2 amide bonds. The van der Waals surface area contributed by atoms with Gasteiger partial charge in [-0.05, 0) is 51.3 Å². The molecule has 2 heterocycles. The van der Waals surface area contributed by atoms with Gasteiger partial charge in [-0.1, -0.05) is 11.6 Å². The van der Waals surface area contributed by atoms with Crippen LogP contribution in [0.25, 0.3) is 0 Å². The quantitative estimate of drug-likeness (QED) is 0.856. The smallest absolute Gasteiger partial charge is 0.291 e. The summed E-state index contributed by atoms with van der Waals surface area (Å²) in [5.41, 5.74) is 1.43. The number of carbonyl (C=O) groups excluding carboxylic acids is 2. The van der Waals surface area contributed by atoms with Crippen molar-refractivity contribution < 1.29 is 14.0 Å². The highest BCUT2D eigenvalue weighted by Crippen LogP contribution is 2.23. The van der Waals surface area contributed by atoms with Gasteiger partial charge in [0, 0.05) is 18.3 Å². The van der Waals surface area contributed by atoms with E-state index in [1.165, 1.54) is 18.2 Å². The van der Waals surface area contributed by atoms with Crippen molar-refractivity contribution in [1.29, 1.82) is 0 Å². The number of hydrogen-bond donors (Lipinski definition) is 2. The summed E-state index contributed by atoms with van der Waals surface area (Å²) < 4.78 is 15.1. The molecule has 6 nitrogen and oxygen atoms in total. The number of nitrogens with one attached hydrogen (secondary N) is 2. The van der Waals surface area contributed by atoms with E-state index in [9.17, 15) is 14.0 Å². The lowest BCUT2D eigenvalue weighted by Gasteiger charge is -2.17. The molecule has 0 radical (unpaired) electrons. The summed E-state index contributed by atoms with van der Waals surface area (Å²) in [6.07, 6.45) is 2.56. The fraction of sp³-hybridized carbons (Fsp3) is 0.389. The molecule has 8 heteroatoms. The Morgan fingerprint density at radius 2 is 2.04 bits per heavy atom. The van der Waals surface area contributed by atoms with E-state index >= 15 is 0 Å².